The van der Waals surface area contributed by atoms with Crippen LogP contribution >= 0.6 is 0 Å². The van der Waals surface area contributed by atoms with Crippen LogP contribution in [-0.4, -0.2) is 13.1 Å². The van der Waals surface area contributed by atoms with Gasteiger partial charge in [0, 0.05) is 12.1 Å². The first-order valence-electron chi connectivity index (χ1n) is 5.93. The Morgan fingerprint density at radius 3 is 2.35 bits per heavy atom. The highest BCUT2D eigenvalue weighted by atomic mass is 19.1. The lowest BCUT2D eigenvalue weighted by atomic mass is 9.86. The molecule has 1 aromatic carbocycles. The van der Waals surface area contributed by atoms with Gasteiger partial charge in [-0.3, -0.25) is 0 Å². The van der Waals surface area contributed by atoms with Crippen LogP contribution in [0.2, 0.25) is 0 Å². The third-order valence-electron chi connectivity index (χ3n) is 2.75. The summed E-state index contributed by atoms with van der Waals surface area (Å²) in [5, 5.41) is 3.19. The van der Waals surface area contributed by atoms with E-state index in [9.17, 15) is 8.78 Å². The van der Waals surface area contributed by atoms with E-state index in [2.05, 4.69) is 26.1 Å². The van der Waals surface area contributed by atoms with Gasteiger partial charge in [0.25, 0.3) is 0 Å². The van der Waals surface area contributed by atoms with Gasteiger partial charge in [0.1, 0.15) is 11.6 Å². The fraction of sp³-hybridized carbons (Fsp3) is 0.571. The van der Waals surface area contributed by atoms with Crippen LogP contribution in [0, 0.1) is 17.0 Å². The molecule has 0 spiro atoms. The first kappa shape index (κ1) is 14.1. The first-order valence-corrected chi connectivity index (χ1v) is 5.93. The molecule has 1 aromatic rings. The second-order valence-corrected chi connectivity index (χ2v) is 5.69. The Balaban J connectivity index is 2.74. The summed E-state index contributed by atoms with van der Waals surface area (Å²) in [4.78, 5) is 0. The Labute approximate surface area is 102 Å². The van der Waals surface area contributed by atoms with Crippen LogP contribution in [0.25, 0.3) is 0 Å². The number of halogens is 2. The normalized spacial score (nSPS) is 13.8. The lowest BCUT2D eigenvalue weighted by Gasteiger charge is -2.26. The molecular weight excluding hydrogens is 220 g/mol. The summed E-state index contributed by atoms with van der Waals surface area (Å²) in [7, 11) is 1.87. The molecule has 0 aliphatic carbocycles. The zero-order valence-corrected chi connectivity index (χ0v) is 11.0. The summed E-state index contributed by atoms with van der Waals surface area (Å²) in [6.45, 7) is 6.45. The van der Waals surface area contributed by atoms with Gasteiger partial charge in [-0.1, -0.05) is 26.8 Å². The fourth-order valence-corrected chi connectivity index (χ4v) is 1.97. The van der Waals surface area contributed by atoms with Crippen LogP contribution in [0.15, 0.2) is 18.2 Å². The van der Waals surface area contributed by atoms with Gasteiger partial charge in [-0.2, -0.15) is 0 Å². The molecule has 0 amide bonds. The lowest BCUT2D eigenvalue weighted by Crippen LogP contribution is -2.32. The van der Waals surface area contributed by atoms with Crippen LogP contribution in [0.1, 0.15) is 32.8 Å². The van der Waals surface area contributed by atoms with E-state index >= 15 is 0 Å². The van der Waals surface area contributed by atoms with Crippen molar-refractivity contribution < 1.29 is 8.78 Å². The SMILES string of the molecule is CNC(Cc1ccc(F)cc1F)CC(C)(C)C. The minimum atomic E-state index is -0.525. The van der Waals surface area contributed by atoms with Crippen molar-refractivity contribution in [3.63, 3.8) is 0 Å². The quantitative estimate of drug-likeness (QED) is 0.850. The van der Waals surface area contributed by atoms with Crippen molar-refractivity contribution in [3.05, 3.63) is 35.4 Å². The van der Waals surface area contributed by atoms with Gasteiger partial charge in [-0.25, -0.2) is 8.78 Å². The van der Waals surface area contributed by atoms with Gasteiger partial charge in [0.15, 0.2) is 0 Å². The van der Waals surface area contributed by atoms with E-state index in [1.807, 2.05) is 7.05 Å². The average molecular weight is 241 g/mol. The molecule has 0 bridgehead atoms. The van der Waals surface area contributed by atoms with Gasteiger partial charge in [0.2, 0.25) is 0 Å². The summed E-state index contributed by atoms with van der Waals surface area (Å²) >= 11 is 0. The monoisotopic (exact) mass is 241 g/mol. The van der Waals surface area contributed by atoms with E-state index in [4.69, 9.17) is 0 Å². The average Bonchev–Trinajstić information content (AvgIpc) is 2.19. The molecule has 1 rings (SSSR count). The standard InChI is InChI=1S/C14H21F2N/c1-14(2,3)9-12(17-4)7-10-5-6-11(15)8-13(10)16/h5-6,8,12,17H,7,9H2,1-4H3. The highest BCUT2D eigenvalue weighted by molar-refractivity contribution is 5.19. The minimum absolute atomic E-state index is 0.185. The molecule has 96 valence electrons. The van der Waals surface area contributed by atoms with E-state index in [0.29, 0.717) is 12.0 Å². The van der Waals surface area contributed by atoms with Gasteiger partial charge >= 0.3 is 0 Å². The Hall–Kier alpha value is -0.960. The molecule has 0 aliphatic heterocycles. The summed E-state index contributed by atoms with van der Waals surface area (Å²) < 4.78 is 26.3. The van der Waals surface area contributed by atoms with Crippen molar-refractivity contribution in [2.75, 3.05) is 7.05 Å². The molecule has 3 heteroatoms. The maximum absolute atomic E-state index is 13.5. The van der Waals surface area contributed by atoms with Crippen LogP contribution < -0.4 is 5.32 Å². The van der Waals surface area contributed by atoms with Crippen molar-refractivity contribution in [3.8, 4) is 0 Å². The van der Waals surface area contributed by atoms with E-state index in [-0.39, 0.29) is 11.5 Å². The van der Waals surface area contributed by atoms with Crippen molar-refractivity contribution in [2.24, 2.45) is 5.41 Å². The Morgan fingerprint density at radius 2 is 1.88 bits per heavy atom. The summed E-state index contributed by atoms with van der Waals surface area (Å²) in [6, 6.07) is 3.98. The van der Waals surface area contributed by atoms with Crippen LogP contribution in [0.4, 0.5) is 8.78 Å². The molecule has 1 atom stereocenters. The fourth-order valence-electron chi connectivity index (χ4n) is 1.97. The number of hydrogen-bond acceptors (Lipinski definition) is 1. The minimum Gasteiger partial charge on any atom is -0.317 e. The number of benzene rings is 1. The molecule has 0 aromatic heterocycles. The molecule has 0 heterocycles. The summed E-state index contributed by atoms with van der Waals surface area (Å²) in [5.41, 5.74) is 0.750. The number of rotatable bonds is 4. The topological polar surface area (TPSA) is 12.0 Å². The molecule has 0 radical (unpaired) electrons. The molecule has 0 saturated heterocycles. The number of likely N-dealkylation sites (N-methyl/N-ethyl adjacent to an activating group) is 1. The molecule has 0 saturated carbocycles. The Kier molecular flexibility index (Phi) is 4.63. The number of hydrogen-bond donors (Lipinski definition) is 1. The smallest absolute Gasteiger partial charge is 0.129 e. The second-order valence-electron chi connectivity index (χ2n) is 5.69. The summed E-state index contributed by atoms with van der Waals surface area (Å²) in [5.74, 6) is -0.984. The van der Waals surface area contributed by atoms with Crippen molar-refractivity contribution in [1.29, 1.82) is 0 Å². The van der Waals surface area contributed by atoms with E-state index in [1.165, 1.54) is 12.1 Å². The molecule has 1 nitrogen and oxygen atoms in total. The second kappa shape index (κ2) is 5.58. The van der Waals surface area contributed by atoms with Crippen LogP contribution in [0.5, 0.6) is 0 Å². The maximum atomic E-state index is 13.5. The number of nitrogens with one attached hydrogen (secondary N) is 1. The summed E-state index contributed by atoms with van der Waals surface area (Å²) in [6.07, 6.45) is 1.53. The molecule has 17 heavy (non-hydrogen) atoms. The van der Waals surface area contributed by atoms with E-state index in [0.717, 1.165) is 12.5 Å². The predicted octanol–water partition coefficient (Wildman–Crippen LogP) is 3.53. The van der Waals surface area contributed by atoms with Crippen LogP contribution in [-0.2, 0) is 6.42 Å². The molecule has 0 aliphatic rings. The first-order chi connectivity index (χ1) is 7.81. The van der Waals surface area contributed by atoms with E-state index in [1.54, 1.807) is 0 Å². The van der Waals surface area contributed by atoms with Gasteiger partial charge in [-0.15, -0.1) is 0 Å². The zero-order valence-electron chi connectivity index (χ0n) is 11.0. The lowest BCUT2D eigenvalue weighted by molar-refractivity contribution is 0.314. The van der Waals surface area contributed by atoms with Crippen molar-refractivity contribution in [1.82, 2.24) is 5.32 Å². The largest absolute Gasteiger partial charge is 0.317 e. The van der Waals surface area contributed by atoms with Gasteiger partial charge in [0.05, 0.1) is 0 Å². The molecule has 1 unspecified atom stereocenters. The van der Waals surface area contributed by atoms with Gasteiger partial charge < -0.3 is 5.32 Å². The zero-order chi connectivity index (χ0) is 13.1. The molecule has 0 fully saturated rings. The van der Waals surface area contributed by atoms with Gasteiger partial charge in [-0.05, 0) is 36.9 Å². The maximum Gasteiger partial charge on any atom is 0.129 e. The Bertz CT molecular complexity index is 369. The third-order valence-corrected chi connectivity index (χ3v) is 2.75. The highest BCUT2D eigenvalue weighted by Crippen LogP contribution is 2.23. The Morgan fingerprint density at radius 1 is 1.24 bits per heavy atom. The van der Waals surface area contributed by atoms with Crippen molar-refractivity contribution in [2.45, 2.75) is 39.7 Å². The molecular formula is C14H21F2N. The molecule has 1 N–H and O–H groups in total. The van der Waals surface area contributed by atoms with Crippen LogP contribution in [0.3, 0.4) is 0 Å². The third kappa shape index (κ3) is 4.82. The highest BCUT2D eigenvalue weighted by Gasteiger charge is 2.19. The predicted molar refractivity (Wildman–Crippen MR) is 67.0 cm³/mol. The van der Waals surface area contributed by atoms with Crippen molar-refractivity contribution >= 4 is 0 Å². The van der Waals surface area contributed by atoms with E-state index < -0.39 is 11.6 Å².